The van der Waals surface area contributed by atoms with Crippen molar-refractivity contribution in [1.29, 1.82) is 0 Å². The first-order valence-corrected chi connectivity index (χ1v) is 3.84. The van der Waals surface area contributed by atoms with E-state index in [2.05, 4.69) is 4.90 Å². The van der Waals surface area contributed by atoms with Crippen LogP contribution >= 0.6 is 12.4 Å². The first kappa shape index (κ1) is 11.2. The molecule has 0 spiro atoms. The molecule has 0 aromatic heterocycles. The highest BCUT2D eigenvalue weighted by Crippen LogP contribution is 1.96. The number of morpholine rings is 1. The molecular weight excluding hydrogens is 164 g/mol. The van der Waals surface area contributed by atoms with Crippen LogP contribution in [0, 0.1) is 0 Å². The molecule has 1 heterocycles. The number of rotatable bonds is 2. The highest BCUT2D eigenvalue weighted by atomic mass is 35.5. The Morgan fingerprint density at radius 1 is 1.45 bits per heavy atom. The van der Waals surface area contributed by atoms with Crippen LogP contribution in [0.1, 0.15) is 6.92 Å². The van der Waals surface area contributed by atoms with E-state index in [4.69, 9.17) is 10.5 Å². The minimum Gasteiger partial charge on any atom is -0.379 e. The van der Waals surface area contributed by atoms with Crippen molar-refractivity contribution in [3.05, 3.63) is 0 Å². The Morgan fingerprint density at radius 2 is 2.00 bits per heavy atom. The Labute approximate surface area is 74.3 Å². The van der Waals surface area contributed by atoms with Crippen molar-refractivity contribution in [2.75, 3.05) is 32.8 Å². The first-order valence-electron chi connectivity index (χ1n) is 3.84. The normalized spacial score (nSPS) is 22.4. The second kappa shape index (κ2) is 5.77. The molecule has 1 atom stereocenters. The minimum absolute atomic E-state index is 0. The summed E-state index contributed by atoms with van der Waals surface area (Å²) in [6.07, 6.45) is 0. The number of hydrogen-bond acceptors (Lipinski definition) is 3. The molecule has 0 unspecified atom stereocenters. The van der Waals surface area contributed by atoms with E-state index in [-0.39, 0.29) is 18.4 Å². The Balaban J connectivity index is 0.000001000. The summed E-state index contributed by atoms with van der Waals surface area (Å²) in [5, 5.41) is 0. The standard InChI is InChI=1S/C7H16N2O.ClH/c1-7(8)6-9-2-4-10-5-3-9;/h7H,2-6,8H2,1H3;1H/t7-;/m0./s1. The smallest absolute Gasteiger partial charge is 0.0594 e. The molecule has 0 aromatic carbocycles. The average molecular weight is 181 g/mol. The third kappa shape index (κ3) is 4.58. The highest BCUT2D eigenvalue weighted by Gasteiger charge is 2.10. The van der Waals surface area contributed by atoms with Gasteiger partial charge in [-0.3, -0.25) is 4.90 Å². The van der Waals surface area contributed by atoms with E-state index in [1.165, 1.54) is 0 Å². The number of ether oxygens (including phenoxy) is 1. The maximum atomic E-state index is 5.64. The fraction of sp³-hybridized carbons (Fsp3) is 1.00. The summed E-state index contributed by atoms with van der Waals surface area (Å²) in [7, 11) is 0. The molecule has 0 amide bonds. The predicted octanol–water partition coefficient (Wildman–Crippen LogP) is 0.0876. The van der Waals surface area contributed by atoms with Crippen LogP contribution < -0.4 is 5.73 Å². The fourth-order valence-electron chi connectivity index (χ4n) is 1.19. The molecule has 2 N–H and O–H groups in total. The van der Waals surface area contributed by atoms with E-state index in [9.17, 15) is 0 Å². The summed E-state index contributed by atoms with van der Waals surface area (Å²) in [6.45, 7) is 6.86. The summed E-state index contributed by atoms with van der Waals surface area (Å²) >= 11 is 0. The van der Waals surface area contributed by atoms with Gasteiger partial charge < -0.3 is 10.5 Å². The zero-order valence-corrected chi connectivity index (χ0v) is 7.77. The van der Waals surface area contributed by atoms with Gasteiger partial charge in [0.05, 0.1) is 13.2 Å². The molecule has 68 valence electrons. The van der Waals surface area contributed by atoms with E-state index in [1.54, 1.807) is 0 Å². The van der Waals surface area contributed by atoms with Crippen molar-refractivity contribution >= 4 is 12.4 Å². The van der Waals surface area contributed by atoms with Crippen LogP contribution in [-0.4, -0.2) is 43.8 Å². The lowest BCUT2D eigenvalue weighted by molar-refractivity contribution is 0.0360. The van der Waals surface area contributed by atoms with Crippen LogP contribution in [0.25, 0.3) is 0 Å². The van der Waals surface area contributed by atoms with Crippen molar-refractivity contribution in [2.24, 2.45) is 5.73 Å². The maximum Gasteiger partial charge on any atom is 0.0594 e. The monoisotopic (exact) mass is 180 g/mol. The van der Waals surface area contributed by atoms with Gasteiger partial charge in [-0.2, -0.15) is 0 Å². The van der Waals surface area contributed by atoms with E-state index >= 15 is 0 Å². The van der Waals surface area contributed by atoms with E-state index in [0.29, 0.717) is 0 Å². The minimum atomic E-state index is 0. The molecule has 1 rings (SSSR count). The van der Waals surface area contributed by atoms with Crippen molar-refractivity contribution in [1.82, 2.24) is 4.90 Å². The largest absolute Gasteiger partial charge is 0.379 e. The lowest BCUT2D eigenvalue weighted by atomic mass is 10.3. The van der Waals surface area contributed by atoms with Crippen LogP contribution in [-0.2, 0) is 4.74 Å². The van der Waals surface area contributed by atoms with E-state index in [1.807, 2.05) is 6.92 Å². The lowest BCUT2D eigenvalue weighted by Crippen LogP contribution is -2.42. The summed E-state index contributed by atoms with van der Waals surface area (Å²) in [5.74, 6) is 0. The molecule has 3 nitrogen and oxygen atoms in total. The van der Waals surface area contributed by atoms with Gasteiger partial charge in [0.2, 0.25) is 0 Å². The molecule has 1 fully saturated rings. The third-order valence-electron chi connectivity index (χ3n) is 1.65. The van der Waals surface area contributed by atoms with E-state index in [0.717, 1.165) is 32.8 Å². The van der Waals surface area contributed by atoms with Gasteiger partial charge >= 0.3 is 0 Å². The Morgan fingerprint density at radius 3 is 2.45 bits per heavy atom. The number of nitrogens with zero attached hydrogens (tertiary/aromatic N) is 1. The molecule has 1 aliphatic heterocycles. The molecule has 1 aliphatic rings. The van der Waals surface area contributed by atoms with Crippen molar-refractivity contribution in [2.45, 2.75) is 13.0 Å². The second-order valence-corrected chi connectivity index (χ2v) is 2.89. The zero-order chi connectivity index (χ0) is 7.40. The molecule has 11 heavy (non-hydrogen) atoms. The summed E-state index contributed by atoms with van der Waals surface area (Å²) in [5.41, 5.74) is 5.64. The Hall–Kier alpha value is 0.170. The van der Waals surface area contributed by atoms with Crippen LogP contribution in [0.4, 0.5) is 0 Å². The number of nitrogens with two attached hydrogens (primary N) is 1. The fourth-order valence-corrected chi connectivity index (χ4v) is 1.19. The molecule has 0 saturated carbocycles. The van der Waals surface area contributed by atoms with Gasteiger partial charge in [-0.25, -0.2) is 0 Å². The summed E-state index contributed by atoms with van der Waals surface area (Å²) in [6, 6.07) is 0.290. The van der Waals surface area contributed by atoms with Gasteiger partial charge in [0.1, 0.15) is 0 Å². The van der Waals surface area contributed by atoms with Gasteiger partial charge in [0.15, 0.2) is 0 Å². The van der Waals surface area contributed by atoms with E-state index < -0.39 is 0 Å². The SMILES string of the molecule is C[C@H](N)CN1CCOCC1.Cl. The third-order valence-corrected chi connectivity index (χ3v) is 1.65. The highest BCUT2D eigenvalue weighted by molar-refractivity contribution is 5.85. The molecule has 0 aromatic rings. The second-order valence-electron chi connectivity index (χ2n) is 2.89. The molecule has 0 aliphatic carbocycles. The van der Waals surface area contributed by atoms with Crippen LogP contribution in [0.15, 0.2) is 0 Å². The van der Waals surface area contributed by atoms with Crippen molar-refractivity contribution < 1.29 is 4.74 Å². The predicted molar refractivity (Wildman–Crippen MR) is 48.2 cm³/mol. The average Bonchev–Trinajstić information content (AvgIpc) is 1.88. The van der Waals surface area contributed by atoms with Crippen LogP contribution in [0.5, 0.6) is 0 Å². The van der Waals surface area contributed by atoms with Gasteiger partial charge in [-0.15, -0.1) is 12.4 Å². The Kier molecular flexibility index (Phi) is 5.86. The summed E-state index contributed by atoms with van der Waals surface area (Å²) < 4.78 is 5.20. The quantitative estimate of drug-likeness (QED) is 0.655. The topological polar surface area (TPSA) is 38.5 Å². The van der Waals surface area contributed by atoms with Crippen molar-refractivity contribution in [3.8, 4) is 0 Å². The van der Waals surface area contributed by atoms with Gasteiger partial charge in [0.25, 0.3) is 0 Å². The summed E-state index contributed by atoms with van der Waals surface area (Å²) in [4.78, 5) is 2.34. The van der Waals surface area contributed by atoms with Gasteiger partial charge in [0, 0.05) is 25.7 Å². The first-order chi connectivity index (χ1) is 4.79. The number of halogens is 1. The van der Waals surface area contributed by atoms with Crippen LogP contribution in [0.2, 0.25) is 0 Å². The molecular formula is C7H17ClN2O. The maximum absolute atomic E-state index is 5.64. The molecule has 4 heteroatoms. The van der Waals surface area contributed by atoms with Crippen molar-refractivity contribution in [3.63, 3.8) is 0 Å². The molecule has 1 saturated heterocycles. The van der Waals surface area contributed by atoms with Gasteiger partial charge in [-0.1, -0.05) is 0 Å². The lowest BCUT2D eigenvalue weighted by Gasteiger charge is -2.27. The van der Waals surface area contributed by atoms with Gasteiger partial charge in [-0.05, 0) is 6.92 Å². The zero-order valence-electron chi connectivity index (χ0n) is 6.95. The van der Waals surface area contributed by atoms with Crippen LogP contribution in [0.3, 0.4) is 0 Å². The molecule has 0 bridgehead atoms. The Bertz CT molecular complexity index is 94.4. The molecule has 0 radical (unpaired) electrons. The number of hydrogen-bond donors (Lipinski definition) is 1.